The molecule has 66 valence electrons. The zero-order chi connectivity index (χ0) is 8.97. The third-order valence-corrected chi connectivity index (χ3v) is 2.14. The topological polar surface area (TPSA) is 48.1 Å². The Balaban J connectivity index is 2.89. The number of hydrogen-bond donors (Lipinski definition) is 1. The maximum Gasteiger partial charge on any atom is 0.213 e. The molecule has 0 atom stereocenters. The predicted molar refractivity (Wildman–Crippen MR) is 51.0 cm³/mol. The molecule has 0 aromatic carbocycles. The van der Waals surface area contributed by atoms with Gasteiger partial charge >= 0.3 is 0 Å². The molecule has 0 aliphatic rings. The molecule has 0 fully saturated rings. The molecular weight excluding hydrogens is 220 g/mol. The van der Waals surface area contributed by atoms with Crippen molar-refractivity contribution in [1.29, 1.82) is 0 Å². The quantitative estimate of drug-likeness (QED) is 0.861. The van der Waals surface area contributed by atoms with Gasteiger partial charge in [-0.25, -0.2) is 4.98 Å². The van der Waals surface area contributed by atoms with Crippen molar-refractivity contribution >= 4 is 15.9 Å². The molecule has 12 heavy (non-hydrogen) atoms. The lowest BCUT2D eigenvalue weighted by molar-refractivity contribution is 0.326. The summed E-state index contributed by atoms with van der Waals surface area (Å²) in [5.74, 6) is 0.626. The van der Waals surface area contributed by atoms with Crippen LogP contribution in [0.25, 0.3) is 0 Å². The van der Waals surface area contributed by atoms with Crippen LogP contribution in [0.2, 0.25) is 0 Å². The van der Waals surface area contributed by atoms with Gasteiger partial charge in [0, 0.05) is 23.3 Å². The normalized spacial score (nSPS) is 9.92. The largest absolute Gasteiger partial charge is 0.478 e. The first kappa shape index (κ1) is 9.48. The number of hydrogen-bond acceptors (Lipinski definition) is 3. The van der Waals surface area contributed by atoms with Gasteiger partial charge in [-0.15, -0.1) is 0 Å². The molecule has 1 aromatic heterocycles. The van der Waals surface area contributed by atoms with Crippen LogP contribution in [0, 0.1) is 0 Å². The first-order valence-electron chi connectivity index (χ1n) is 3.75. The second-order valence-electron chi connectivity index (χ2n) is 2.25. The molecule has 1 heterocycles. The van der Waals surface area contributed by atoms with Crippen molar-refractivity contribution in [3.05, 3.63) is 22.3 Å². The monoisotopic (exact) mass is 230 g/mol. The third kappa shape index (κ3) is 2.19. The van der Waals surface area contributed by atoms with Crippen LogP contribution in [0.5, 0.6) is 5.88 Å². The van der Waals surface area contributed by atoms with E-state index >= 15 is 0 Å². The van der Waals surface area contributed by atoms with Crippen molar-refractivity contribution in [3.8, 4) is 5.88 Å². The van der Waals surface area contributed by atoms with E-state index in [-0.39, 0.29) is 0 Å². The van der Waals surface area contributed by atoms with Crippen LogP contribution in [-0.2, 0) is 6.54 Å². The van der Waals surface area contributed by atoms with Gasteiger partial charge in [-0.3, -0.25) is 0 Å². The molecule has 0 aliphatic carbocycles. The van der Waals surface area contributed by atoms with Gasteiger partial charge in [0.05, 0.1) is 6.61 Å². The van der Waals surface area contributed by atoms with E-state index in [1.165, 1.54) is 0 Å². The highest BCUT2D eigenvalue weighted by molar-refractivity contribution is 9.10. The summed E-state index contributed by atoms with van der Waals surface area (Å²) in [6.07, 6.45) is 1.70. The number of nitrogens with zero attached hydrogens (tertiary/aromatic N) is 1. The molecule has 1 aromatic rings. The van der Waals surface area contributed by atoms with Crippen molar-refractivity contribution in [2.75, 3.05) is 6.61 Å². The van der Waals surface area contributed by atoms with Gasteiger partial charge in [-0.1, -0.05) is 0 Å². The molecule has 0 saturated carbocycles. The van der Waals surface area contributed by atoms with Gasteiger partial charge in [0.15, 0.2) is 0 Å². The summed E-state index contributed by atoms with van der Waals surface area (Å²) in [5, 5.41) is 0. The third-order valence-electron chi connectivity index (χ3n) is 1.42. The van der Waals surface area contributed by atoms with Crippen LogP contribution < -0.4 is 10.5 Å². The summed E-state index contributed by atoms with van der Waals surface area (Å²) in [6, 6.07) is 1.84. The van der Waals surface area contributed by atoms with E-state index in [1.54, 1.807) is 6.20 Å². The summed E-state index contributed by atoms with van der Waals surface area (Å²) in [7, 11) is 0. The molecule has 1 rings (SSSR count). The Bertz CT molecular complexity index is 265. The van der Waals surface area contributed by atoms with E-state index in [9.17, 15) is 0 Å². The minimum Gasteiger partial charge on any atom is -0.478 e. The number of nitrogens with two attached hydrogens (primary N) is 1. The van der Waals surface area contributed by atoms with E-state index in [0.717, 1.165) is 10.0 Å². The summed E-state index contributed by atoms with van der Waals surface area (Å²) >= 11 is 3.34. The fraction of sp³-hybridized carbons (Fsp3) is 0.375. The van der Waals surface area contributed by atoms with Crippen molar-refractivity contribution in [2.45, 2.75) is 13.5 Å². The van der Waals surface area contributed by atoms with Gasteiger partial charge in [0.2, 0.25) is 5.88 Å². The molecule has 0 unspecified atom stereocenters. The summed E-state index contributed by atoms with van der Waals surface area (Å²) < 4.78 is 6.14. The lowest BCUT2D eigenvalue weighted by Crippen LogP contribution is -2.00. The van der Waals surface area contributed by atoms with Crippen molar-refractivity contribution < 1.29 is 4.74 Å². The molecule has 4 heteroatoms. The maximum absolute atomic E-state index is 5.50. The predicted octanol–water partition coefficient (Wildman–Crippen LogP) is 1.70. The SMILES string of the molecule is CCOc1cc(CN)c(Br)cn1. The molecule has 0 amide bonds. The Hall–Kier alpha value is -0.610. The molecule has 0 saturated heterocycles. The van der Waals surface area contributed by atoms with Crippen LogP contribution >= 0.6 is 15.9 Å². The van der Waals surface area contributed by atoms with Gasteiger partial charge in [-0.05, 0) is 28.4 Å². The molecule has 0 bridgehead atoms. The number of pyridine rings is 1. The molecule has 2 N–H and O–H groups in total. The zero-order valence-corrected chi connectivity index (χ0v) is 8.47. The summed E-state index contributed by atoms with van der Waals surface area (Å²) in [6.45, 7) is 3.04. The average molecular weight is 231 g/mol. The lowest BCUT2D eigenvalue weighted by Gasteiger charge is -2.04. The second-order valence-corrected chi connectivity index (χ2v) is 3.11. The van der Waals surface area contributed by atoms with Crippen molar-refractivity contribution in [3.63, 3.8) is 0 Å². The summed E-state index contributed by atoms with van der Waals surface area (Å²) in [4.78, 5) is 4.05. The Morgan fingerprint density at radius 1 is 1.67 bits per heavy atom. The van der Waals surface area contributed by atoms with E-state index in [2.05, 4.69) is 20.9 Å². The highest BCUT2D eigenvalue weighted by atomic mass is 79.9. The smallest absolute Gasteiger partial charge is 0.213 e. The van der Waals surface area contributed by atoms with E-state index in [4.69, 9.17) is 10.5 Å². The van der Waals surface area contributed by atoms with Crippen LogP contribution in [0.15, 0.2) is 16.7 Å². The number of ether oxygens (including phenoxy) is 1. The standard InChI is InChI=1S/C8H11BrN2O/c1-2-12-8-3-6(4-10)7(9)5-11-8/h3,5H,2,4,10H2,1H3. The average Bonchev–Trinajstić information content (AvgIpc) is 2.09. The van der Waals surface area contributed by atoms with Gasteiger partial charge < -0.3 is 10.5 Å². The summed E-state index contributed by atoms with van der Waals surface area (Å²) in [5.41, 5.74) is 6.51. The second kappa shape index (κ2) is 4.42. The van der Waals surface area contributed by atoms with Crippen LogP contribution in [0.4, 0.5) is 0 Å². The Labute approximate surface area is 80.1 Å². The zero-order valence-electron chi connectivity index (χ0n) is 6.88. The molecule has 0 aliphatic heterocycles. The molecule has 3 nitrogen and oxygen atoms in total. The minimum absolute atomic E-state index is 0.489. The van der Waals surface area contributed by atoms with Crippen LogP contribution in [-0.4, -0.2) is 11.6 Å². The van der Waals surface area contributed by atoms with Gasteiger partial charge in [0.25, 0.3) is 0 Å². The van der Waals surface area contributed by atoms with Crippen LogP contribution in [0.1, 0.15) is 12.5 Å². The first-order chi connectivity index (χ1) is 5.77. The highest BCUT2D eigenvalue weighted by Gasteiger charge is 2.00. The van der Waals surface area contributed by atoms with Crippen LogP contribution in [0.3, 0.4) is 0 Å². The number of rotatable bonds is 3. The van der Waals surface area contributed by atoms with E-state index < -0.39 is 0 Å². The van der Waals surface area contributed by atoms with E-state index in [1.807, 2.05) is 13.0 Å². The molecule has 0 radical (unpaired) electrons. The fourth-order valence-corrected chi connectivity index (χ4v) is 1.22. The molecular formula is C8H11BrN2O. The first-order valence-corrected chi connectivity index (χ1v) is 4.54. The Kier molecular flexibility index (Phi) is 3.49. The maximum atomic E-state index is 5.50. The highest BCUT2D eigenvalue weighted by Crippen LogP contribution is 2.18. The lowest BCUT2D eigenvalue weighted by atomic mass is 10.3. The van der Waals surface area contributed by atoms with Crippen molar-refractivity contribution in [1.82, 2.24) is 4.98 Å². The van der Waals surface area contributed by atoms with Gasteiger partial charge in [0.1, 0.15) is 0 Å². The number of aromatic nitrogens is 1. The van der Waals surface area contributed by atoms with Crippen molar-refractivity contribution in [2.24, 2.45) is 5.73 Å². The Morgan fingerprint density at radius 2 is 2.42 bits per heavy atom. The van der Waals surface area contributed by atoms with Gasteiger partial charge in [-0.2, -0.15) is 0 Å². The minimum atomic E-state index is 0.489. The van der Waals surface area contributed by atoms with E-state index in [0.29, 0.717) is 19.0 Å². The Morgan fingerprint density at radius 3 is 3.00 bits per heavy atom. The fourth-order valence-electron chi connectivity index (χ4n) is 0.842. The number of halogens is 1. The molecule has 0 spiro atoms.